The minimum absolute atomic E-state index is 0.0107. The normalized spacial score (nSPS) is 15.6. The quantitative estimate of drug-likeness (QED) is 0.605. The van der Waals surface area contributed by atoms with Crippen LogP contribution in [0.2, 0.25) is 10.0 Å². The maximum atomic E-state index is 12.5. The van der Waals surface area contributed by atoms with Gasteiger partial charge in [-0.2, -0.15) is 0 Å². The van der Waals surface area contributed by atoms with Crippen LogP contribution < -0.4 is 0 Å². The van der Waals surface area contributed by atoms with Crippen LogP contribution in [0, 0.1) is 0 Å². The molecule has 4 rings (SSSR count). The fraction of sp³-hybridized carbons (Fsp3) is 0.238. The number of fused-ring (bicyclic) bond motifs is 1. The topological polar surface area (TPSA) is 40.9 Å². The molecule has 28 heavy (non-hydrogen) atoms. The molecule has 1 amide bonds. The summed E-state index contributed by atoms with van der Waals surface area (Å²) in [5.41, 5.74) is 2.74. The summed E-state index contributed by atoms with van der Waals surface area (Å²) in [5, 5.41) is 1.17. The van der Waals surface area contributed by atoms with Crippen molar-refractivity contribution in [3.8, 4) is 0 Å². The Bertz CT molecular complexity index is 989. The van der Waals surface area contributed by atoms with Gasteiger partial charge in [0, 0.05) is 61.2 Å². The average Bonchev–Trinajstić information content (AvgIpc) is 3.11. The van der Waals surface area contributed by atoms with E-state index in [1.165, 1.54) is 0 Å². The number of nitrogens with zero attached hydrogens (tertiary/aromatic N) is 4. The lowest BCUT2D eigenvalue weighted by Gasteiger charge is -2.33. The van der Waals surface area contributed by atoms with E-state index in [0.29, 0.717) is 23.1 Å². The first-order valence-corrected chi connectivity index (χ1v) is 9.91. The number of benzene rings is 1. The largest absolute Gasteiger partial charge is 0.337 e. The summed E-state index contributed by atoms with van der Waals surface area (Å²) >= 11 is 12.1. The molecule has 3 aromatic rings. The van der Waals surface area contributed by atoms with Crippen molar-refractivity contribution in [2.24, 2.45) is 0 Å². The average molecular weight is 415 g/mol. The van der Waals surface area contributed by atoms with Gasteiger partial charge in [0.25, 0.3) is 0 Å². The highest BCUT2D eigenvalue weighted by Crippen LogP contribution is 2.22. The number of amides is 1. The summed E-state index contributed by atoms with van der Waals surface area (Å²) in [6.07, 6.45) is 7.35. The lowest BCUT2D eigenvalue weighted by atomic mass is 10.2. The summed E-state index contributed by atoms with van der Waals surface area (Å²) in [6, 6.07) is 11.2. The summed E-state index contributed by atoms with van der Waals surface area (Å²) in [6.45, 7) is 3.83. The Morgan fingerprint density at radius 2 is 1.93 bits per heavy atom. The second-order valence-corrected chi connectivity index (χ2v) is 7.64. The van der Waals surface area contributed by atoms with E-state index in [1.807, 2.05) is 33.7 Å². The highest BCUT2D eigenvalue weighted by Gasteiger charge is 2.20. The zero-order chi connectivity index (χ0) is 19.5. The molecule has 1 aliphatic rings. The SMILES string of the molecule is O=C(/C=C/c1cc(Cl)ccc1Cl)N1CCN(Cc2cn3ccccc3n2)CC1. The molecule has 0 saturated carbocycles. The van der Waals surface area contributed by atoms with E-state index in [2.05, 4.69) is 16.1 Å². The first-order chi connectivity index (χ1) is 13.6. The molecule has 3 heterocycles. The molecule has 1 aliphatic heterocycles. The summed E-state index contributed by atoms with van der Waals surface area (Å²) in [4.78, 5) is 21.3. The van der Waals surface area contributed by atoms with Gasteiger partial charge in [0.05, 0.1) is 5.69 Å². The molecule has 0 spiro atoms. The van der Waals surface area contributed by atoms with Gasteiger partial charge < -0.3 is 9.30 Å². The smallest absolute Gasteiger partial charge is 0.246 e. The molecule has 0 radical (unpaired) electrons. The van der Waals surface area contributed by atoms with Crippen molar-refractivity contribution in [1.82, 2.24) is 19.2 Å². The Balaban J connectivity index is 1.32. The van der Waals surface area contributed by atoms with Crippen molar-refractivity contribution in [3.63, 3.8) is 0 Å². The van der Waals surface area contributed by atoms with E-state index < -0.39 is 0 Å². The predicted octanol–water partition coefficient (Wildman–Crippen LogP) is 4.00. The van der Waals surface area contributed by atoms with Crippen molar-refractivity contribution in [3.05, 3.63) is 76.2 Å². The van der Waals surface area contributed by atoms with Gasteiger partial charge in [-0.05, 0) is 42.0 Å². The minimum Gasteiger partial charge on any atom is -0.337 e. The third-order valence-corrected chi connectivity index (χ3v) is 5.43. The molecule has 0 atom stereocenters. The predicted molar refractivity (Wildman–Crippen MR) is 113 cm³/mol. The molecule has 1 aromatic carbocycles. The van der Waals surface area contributed by atoms with Crippen LogP contribution in [0.1, 0.15) is 11.3 Å². The minimum atomic E-state index is -0.0107. The summed E-state index contributed by atoms with van der Waals surface area (Å²) < 4.78 is 2.03. The monoisotopic (exact) mass is 414 g/mol. The van der Waals surface area contributed by atoms with Crippen molar-refractivity contribution in [2.75, 3.05) is 26.2 Å². The number of rotatable bonds is 4. The van der Waals surface area contributed by atoms with E-state index in [9.17, 15) is 4.79 Å². The molecule has 1 fully saturated rings. The fourth-order valence-corrected chi connectivity index (χ4v) is 3.69. The molecular weight excluding hydrogens is 395 g/mol. The fourth-order valence-electron chi connectivity index (χ4n) is 3.33. The third kappa shape index (κ3) is 4.38. The number of carbonyl (C=O) groups excluding carboxylic acids is 1. The van der Waals surface area contributed by atoms with Gasteiger partial charge >= 0.3 is 0 Å². The van der Waals surface area contributed by atoms with Crippen LogP contribution in [-0.2, 0) is 11.3 Å². The van der Waals surface area contributed by atoms with Gasteiger partial charge in [-0.1, -0.05) is 29.3 Å². The molecular formula is C21H20Cl2N4O. The first-order valence-electron chi connectivity index (χ1n) is 9.15. The van der Waals surface area contributed by atoms with Crippen LogP contribution in [0.3, 0.4) is 0 Å². The van der Waals surface area contributed by atoms with Gasteiger partial charge in [0.1, 0.15) is 5.65 Å². The Morgan fingerprint density at radius 1 is 1.11 bits per heavy atom. The van der Waals surface area contributed by atoms with Crippen LogP contribution in [0.25, 0.3) is 11.7 Å². The second-order valence-electron chi connectivity index (χ2n) is 6.80. The van der Waals surface area contributed by atoms with Crippen LogP contribution in [0.15, 0.2) is 54.9 Å². The molecule has 0 unspecified atom stereocenters. The standard InChI is InChI=1S/C21H20Cl2N4O/c22-17-5-6-19(23)16(13-17)4-7-21(28)26-11-9-25(10-12-26)14-18-15-27-8-2-1-3-20(27)24-18/h1-8,13,15H,9-12,14H2/b7-4+. The molecule has 0 N–H and O–H groups in total. The van der Waals surface area contributed by atoms with Crippen molar-refractivity contribution in [2.45, 2.75) is 6.54 Å². The van der Waals surface area contributed by atoms with Crippen molar-refractivity contribution in [1.29, 1.82) is 0 Å². The van der Waals surface area contributed by atoms with Gasteiger partial charge in [0.2, 0.25) is 5.91 Å². The maximum absolute atomic E-state index is 12.5. The lowest BCUT2D eigenvalue weighted by molar-refractivity contribution is -0.127. The van der Waals surface area contributed by atoms with E-state index in [-0.39, 0.29) is 5.91 Å². The van der Waals surface area contributed by atoms with Gasteiger partial charge in [-0.25, -0.2) is 4.98 Å². The third-order valence-electron chi connectivity index (χ3n) is 4.85. The zero-order valence-electron chi connectivity index (χ0n) is 15.3. The van der Waals surface area contributed by atoms with E-state index in [4.69, 9.17) is 23.2 Å². The van der Waals surface area contributed by atoms with E-state index in [0.717, 1.165) is 36.5 Å². The lowest BCUT2D eigenvalue weighted by Crippen LogP contribution is -2.47. The number of pyridine rings is 1. The Kier molecular flexibility index (Phi) is 5.67. The van der Waals surface area contributed by atoms with Crippen LogP contribution >= 0.6 is 23.2 Å². The molecule has 1 saturated heterocycles. The van der Waals surface area contributed by atoms with Crippen LogP contribution in [-0.4, -0.2) is 51.3 Å². The number of imidazole rings is 1. The number of hydrogen-bond donors (Lipinski definition) is 0. The number of aromatic nitrogens is 2. The van der Waals surface area contributed by atoms with Gasteiger partial charge in [0.15, 0.2) is 0 Å². The van der Waals surface area contributed by atoms with Crippen molar-refractivity contribution < 1.29 is 4.79 Å². The highest BCUT2D eigenvalue weighted by atomic mass is 35.5. The molecule has 0 bridgehead atoms. The number of piperazine rings is 1. The van der Waals surface area contributed by atoms with Crippen LogP contribution in [0.5, 0.6) is 0 Å². The number of halogens is 2. The van der Waals surface area contributed by atoms with Crippen molar-refractivity contribution >= 4 is 40.8 Å². The maximum Gasteiger partial charge on any atom is 0.246 e. The van der Waals surface area contributed by atoms with Crippen LogP contribution in [0.4, 0.5) is 0 Å². The Labute approximate surface area is 173 Å². The zero-order valence-corrected chi connectivity index (χ0v) is 16.8. The van der Waals surface area contributed by atoms with E-state index in [1.54, 1.807) is 30.4 Å². The second kappa shape index (κ2) is 8.35. The van der Waals surface area contributed by atoms with Gasteiger partial charge in [-0.3, -0.25) is 9.69 Å². The molecule has 144 valence electrons. The first kappa shape index (κ1) is 19.0. The Morgan fingerprint density at radius 3 is 2.71 bits per heavy atom. The summed E-state index contributed by atoms with van der Waals surface area (Å²) in [5.74, 6) is -0.0107. The number of hydrogen-bond acceptors (Lipinski definition) is 3. The molecule has 2 aromatic heterocycles. The molecule has 0 aliphatic carbocycles. The highest BCUT2D eigenvalue weighted by molar-refractivity contribution is 6.34. The van der Waals surface area contributed by atoms with E-state index >= 15 is 0 Å². The van der Waals surface area contributed by atoms with Gasteiger partial charge in [-0.15, -0.1) is 0 Å². The Hall–Kier alpha value is -2.34. The molecule has 7 heteroatoms. The number of carbonyl (C=O) groups is 1. The molecule has 5 nitrogen and oxygen atoms in total. The summed E-state index contributed by atoms with van der Waals surface area (Å²) in [7, 11) is 0.